The van der Waals surface area contributed by atoms with Crippen LogP contribution in [0.3, 0.4) is 0 Å². The number of hydrogen-bond donors (Lipinski definition) is 1. The normalized spacial score (nSPS) is 19.1. The molecule has 1 N–H and O–H groups in total. The molecule has 0 saturated carbocycles. The van der Waals surface area contributed by atoms with E-state index in [2.05, 4.69) is 67.7 Å². The summed E-state index contributed by atoms with van der Waals surface area (Å²) in [7, 11) is -0.0167. The Labute approximate surface area is 319 Å². The van der Waals surface area contributed by atoms with Gasteiger partial charge in [0.15, 0.2) is 0 Å². The molecule has 0 radical (unpaired) electrons. The highest BCUT2D eigenvalue weighted by molar-refractivity contribution is 14.1. The molecule has 0 bridgehead atoms. The van der Waals surface area contributed by atoms with Gasteiger partial charge in [-0.05, 0) is 86.0 Å². The number of halogens is 1. The molecule has 1 aliphatic rings. The second-order valence-electron chi connectivity index (χ2n) is 13.2. The van der Waals surface area contributed by atoms with Crippen molar-refractivity contribution < 1.29 is 23.3 Å². The number of aromatic nitrogens is 2. The van der Waals surface area contributed by atoms with Crippen LogP contribution >= 0.6 is 31.1 Å². The second-order valence-corrected chi connectivity index (χ2v) is 15.7. The monoisotopic (exact) mass is 840 g/mol. The summed E-state index contributed by atoms with van der Waals surface area (Å²) >= 11 is 1.91. The van der Waals surface area contributed by atoms with Crippen molar-refractivity contribution in [2.75, 3.05) is 20.3 Å². The molecule has 52 heavy (non-hydrogen) atoms. The molecule has 5 rings (SSSR count). The fourth-order valence-corrected chi connectivity index (χ4v) is 8.65. The molecule has 0 amide bonds. The summed E-state index contributed by atoms with van der Waals surface area (Å²) < 4.78 is 36.5. The summed E-state index contributed by atoms with van der Waals surface area (Å²) in [6.07, 6.45) is -0.00941. The van der Waals surface area contributed by atoms with Crippen LogP contribution in [-0.2, 0) is 24.1 Å². The van der Waals surface area contributed by atoms with Crippen LogP contribution in [0.25, 0.3) is 0 Å². The molecule has 3 aromatic carbocycles. The maximum Gasteiger partial charge on any atom is 0.330 e. The van der Waals surface area contributed by atoms with Crippen molar-refractivity contribution in [3.05, 3.63) is 132 Å². The van der Waals surface area contributed by atoms with Crippen molar-refractivity contribution >= 4 is 31.1 Å². The molecule has 11 nitrogen and oxygen atoms in total. The highest BCUT2D eigenvalue weighted by atomic mass is 127. The molecule has 5 unspecified atom stereocenters. The lowest BCUT2D eigenvalue weighted by Gasteiger charge is -2.39. The number of nitrogens with one attached hydrogen (secondary N) is 1. The van der Waals surface area contributed by atoms with Gasteiger partial charge in [-0.1, -0.05) is 72.3 Å². The molecular weight excluding hydrogens is 794 g/mol. The Morgan fingerprint density at radius 2 is 1.62 bits per heavy atom. The maximum absolute atomic E-state index is 13.1. The van der Waals surface area contributed by atoms with Crippen LogP contribution in [0.5, 0.6) is 5.75 Å². The first-order valence-corrected chi connectivity index (χ1v) is 19.5. The van der Waals surface area contributed by atoms with Gasteiger partial charge in [-0.15, -0.1) is 0 Å². The van der Waals surface area contributed by atoms with Crippen molar-refractivity contribution in [1.82, 2.24) is 14.2 Å². The third kappa shape index (κ3) is 9.02. The van der Waals surface area contributed by atoms with Crippen molar-refractivity contribution in [1.29, 1.82) is 5.26 Å². The molecular formula is C39H46IN4O7P. The largest absolute Gasteiger partial charge is 0.497 e. The summed E-state index contributed by atoms with van der Waals surface area (Å²) in [6, 6.07) is 28.5. The standard InChI is InChI=1S/C39H46IN4O7P/c1-26(2)44(27(3)4)52(49-22-10-21-41)51-34-23-36(43-24-33(40)37(45)42-38(43)46)50-35(34)25-48-39(29-11-8-7-9-12-29,30-15-13-28(5)14-16-30)31-17-19-32(47-6)20-18-31/h7-9,11-20,24,26-27,34-36H,10,22-23,25H2,1-6H3,(H,42,45,46). The van der Waals surface area contributed by atoms with Gasteiger partial charge in [0.05, 0.1) is 42.5 Å². The summed E-state index contributed by atoms with van der Waals surface area (Å²) in [6.45, 7) is 10.6. The first-order valence-electron chi connectivity index (χ1n) is 17.3. The zero-order chi connectivity index (χ0) is 37.4. The van der Waals surface area contributed by atoms with Gasteiger partial charge >= 0.3 is 5.69 Å². The third-order valence-corrected chi connectivity index (χ3v) is 11.8. The topological polar surface area (TPSA) is 128 Å². The number of aromatic amines is 1. The quantitative estimate of drug-likeness (QED) is 0.0531. The molecule has 4 aromatic rings. The molecule has 13 heteroatoms. The minimum atomic E-state index is -1.65. The lowest BCUT2D eigenvalue weighted by atomic mass is 9.79. The van der Waals surface area contributed by atoms with E-state index in [1.165, 1.54) is 10.8 Å². The SMILES string of the molecule is COc1ccc(C(OCC2OC(n3cc(I)c(=O)[nH]c3=O)CC2OP(OCCC#N)N(C(C)C)C(C)C)(c2ccccc2)c2ccc(C)cc2)cc1. The molecule has 0 spiro atoms. The number of methoxy groups -OCH3 is 1. The number of rotatable bonds is 16. The van der Waals surface area contributed by atoms with Gasteiger partial charge < -0.3 is 23.3 Å². The number of ether oxygens (including phenoxy) is 3. The molecule has 5 atom stereocenters. The van der Waals surface area contributed by atoms with Crippen LogP contribution in [0.15, 0.2) is 94.6 Å². The molecule has 0 aliphatic carbocycles. The predicted molar refractivity (Wildman–Crippen MR) is 209 cm³/mol. The molecule has 1 aliphatic heterocycles. The number of H-pyrrole nitrogens is 1. The van der Waals surface area contributed by atoms with E-state index in [4.69, 9.17) is 23.3 Å². The number of aryl methyl sites for hydroxylation is 1. The number of nitrogens with zero attached hydrogens (tertiary/aromatic N) is 3. The van der Waals surface area contributed by atoms with Crippen LogP contribution in [0.1, 0.15) is 69.0 Å². The highest BCUT2D eigenvalue weighted by Gasteiger charge is 2.45. The van der Waals surface area contributed by atoms with Gasteiger partial charge in [0.1, 0.15) is 23.7 Å². The smallest absolute Gasteiger partial charge is 0.330 e. The molecule has 1 aromatic heterocycles. The summed E-state index contributed by atoms with van der Waals surface area (Å²) in [4.78, 5) is 27.8. The van der Waals surface area contributed by atoms with E-state index in [1.807, 2.05) is 84.1 Å². The van der Waals surface area contributed by atoms with Gasteiger partial charge in [-0.25, -0.2) is 9.46 Å². The molecule has 276 valence electrons. The highest BCUT2D eigenvalue weighted by Crippen LogP contribution is 2.50. The Balaban J connectivity index is 1.60. The summed E-state index contributed by atoms with van der Waals surface area (Å²) in [5, 5.41) is 9.28. The third-order valence-electron chi connectivity index (χ3n) is 8.90. The van der Waals surface area contributed by atoms with E-state index in [1.54, 1.807) is 7.11 Å². The Hall–Kier alpha value is -3.41. The Bertz CT molecular complexity index is 1910. The van der Waals surface area contributed by atoms with Gasteiger partial charge in [0.2, 0.25) is 0 Å². The van der Waals surface area contributed by atoms with Crippen molar-refractivity contribution in [3.63, 3.8) is 0 Å². The Kier molecular flexibility index (Phi) is 13.8. The molecule has 2 heterocycles. The second kappa shape index (κ2) is 18.1. The van der Waals surface area contributed by atoms with Crippen LogP contribution in [0, 0.1) is 21.8 Å². The van der Waals surface area contributed by atoms with Gasteiger partial charge in [-0.3, -0.25) is 14.3 Å². The molecule has 1 saturated heterocycles. The van der Waals surface area contributed by atoms with Gasteiger partial charge in [0, 0.05) is 24.7 Å². The van der Waals surface area contributed by atoms with E-state index >= 15 is 0 Å². The zero-order valence-electron chi connectivity index (χ0n) is 30.3. The van der Waals surface area contributed by atoms with Gasteiger partial charge in [0.25, 0.3) is 14.1 Å². The average Bonchev–Trinajstić information content (AvgIpc) is 3.53. The first kappa shape index (κ1) is 39.8. The van der Waals surface area contributed by atoms with Crippen molar-refractivity contribution in [2.45, 2.75) is 83.6 Å². The zero-order valence-corrected chi connectivity index (χ0v) is 33.4. The van der Waals surface area contributed by atoms with Crippen LogP contribution in [0.2, 0.25) is 0 Å². The van der Waals surface area contributed by atoms with E-state index in [-0.39, 0.29) is 38.1 Å². The van der Waals surface area contributed by atoms with Crippen molar-refractivity contribution in [3.8, 4) is 11.8 Å². The number of benzene rings is 3. The summed E-state index contributed by atoms with van der Waals surface area (Å²) in [5.41, 5.74) is 1.71. The van der Waals surface area contributed by atoms with Gasteiger partial charge in [-0.2, -0.15) is 5.26 Å². The van der Waals surface area contributed by atoms with Crippen LogP contribution in [-0.4, -0.2) is 58.8 Å². The van der Waals surface area contributed by atoms with E-state index < -0.39 is 43.8 Å². The Morgan fingerprint density at radius 1 is 1.00 bits per heavy atom. The van der Waals surface area contributed by atoms with E-state index in [0.717, 1.165) is 28.0 Å². The van der Waals surface area contributed by atoms with Crippen LogP contribution < -0.4 is 16.0 Å². The fraction of sp³-hybridized carbons (Fsp3) is 0.410. The van der Waals surface area contributed by atoms with Crippen molar-refractivity contribution in [2.24, 2.45) is 0 Å². The fourth-order valence-electron chi connectivity index (χ4n) is 6.46. The lowest BCUT2D eigenvalue weighted by molar-refractivity contribution is -0.0926. The van der Waals surface area contributed by atoms with Crippen LogP contribution in [0.4, 0.5) is 0 Å². The average molecular weight is 841 g/mol. The van der Waals surface area contributed by atoms with E-state index in [0.29, 0.717) is 3.57 Å². The molecule has 1 fully saturated rings. The van der Waals surface area contributed by atoms with E-state index in [9.17, 15) is 14.9 Å². The minimum Gasteiger partial charge on any atom is -0.497 e. The number of nitriles is 1. The lowest BCUT2D eigenvalue weighted by Crippen LogP contribution is -2.39. The summed E-state index contributed by atoms with van der Waals surface area (Å²) in [5.74, 6) is 0.718. The predicted octanol–water partition coefficient (Wildman–Crippen LogP) is 7.42. The minimum absolute atomic E-state index is 0.0654. The first-order chi connectivity index (χ1) is 25.0. The maximum atomic E-state index is 13.1. The Morgan fingerprint density at radius 3 is 2.21 bits per heavy atom. The number of hydrogen-bond acceptors (Lipinski definition) is 9.